The first-order valence-corrected chi connectivity index (χ1v) is 10.6. The van der Waals surface area contributed by atoms with Gasteiger partial charge in [0.25, 0.3) is 0 Å². The zero-order chi connectivity index (χ0) is 21.9. The first kappa shape index (κ1) is 19.8. The highest BCUT2D eigenvalue weighted by Gasteiger charge is 2.70. The zero-order valence-electron chi connectivity index (χ0n) is 17.7. The number of carbonyl (C=O) groups excluding carboxylic acids is 3. The highest BCUT2D eigenvalue weighted by molar-refractivity contribution is 6.15. The van der Waals surface area contributed by atoms with Crippen LogP contribution in [0.5, 0.6) is 5.75 Å². The second-order valence-electron chi connectivity index (χ2n) is 8.80. The number of methoxy groups -OCH3 is 1. The molecule has 3 aliphatic heterocycles. The second kappa shape index (κ2) is 6.92. The maximum absolute atomic E-state index is 13.7. The zero-order valence-corrected chi connectivity index (χ0v) is 17.7. The number of amides is 3. The van der Waals surface area contributed by atoms with Crippen LogP contribution in [0.25, 0.3) is 0 Å². The highest BCUT2D eigenvalue weighted by atomic mass is 16.5. The van der Waals surface area contributed by atoms with Gasteiger partial charge in [-0.15, -0.1) is 0 Å². The van der Waals surface area contributed by atoms with Crippen LogP contribution in [0, 0.1) is 17.8 Å². The molecule has 2 fully saturated rings. The summed E-state index contributed by atoms with van der Waals surface area (Å²) < 4.78 is 5.41. The van der Waals surface area contributed by atoms with Crippen molar-refractivity contribution in [3.05, 3.63) is 59.7 Å². The topological polar surface area (TPSA) is 87.7 Å². The molecule has 31 heavy (non-hydrogen) atoms. The number of fused-ring (bicyclic) bond motifs is 4. The molecule has 0 unspecified atom stereocenters. The van der Waals surface area contributed by atoms with Crippen LogP contribution in [-0.4, -0.2) is 35.8 Å². The van der Waals surface area contributed by atoms with Gasteiger partial charge in [0.05, 0.1) is 25.5 Å². The molecule has 3 amide bonds. The Morgan fingerprint density at radius 1 is 1.03 bits per heavy atom. The molecule has 0 saturated carbocycles. The third-order valence-electron chi connectivity index (χ3n) is 6.89. The molecule has 160 valence electrons. The Kier molecular flexibility index (Phi) is 4.41. The Bertz CT molecular complexity index is 1100. The first-order valence-electron chi connectivity index (χ1n) is 10.6. The van der Waals surface area contributed by atoms with Crippen LogP contribution >= 0.6 is 0 Å². The molecular formula is C24H25N3O4. The molecular weight excluding hydrogens is 394 g/mol. The van der Waals surface area contributed by atoms with Crippen molar-refractivity contribution in [3.8, 4) is 5.75 Å². The van der Waals surface area contributed by atoms with E-state index in [0.29, 0.717) is 11.4 Å². The van der Waals surface area contributed by atoms with E-state index in [1.54, 1.807) is 7.11 Å². The molecule has 7 heteroatoms. The Balaban J connectivity index is 1.60. The molecule has 2 saturated heterocycles. The highest BCUT2D eigenvalue weighted by Crippen LogP contribution is 2.54. The average Bonchev–Trinajstić information content (AvgIpc) is 3.35. The minimum absolute atomic E-state index is 0.0652. The van der Waals surface area contributed by atoms with E-state index in [1.165, 1.54) is 4.90 Å². The largest absolute Gasteiger partial charge is 0.496 e. The summed E-state index contributed by atoms with van der Waals surface area (Å²) in [6, 6.07) is 14.5. The Morgan fingerprint density at radius 2 is 1.74 bits per heavy atom. The lowest BCUT2D eigenvalue weighted by molar-refractivity contribution is -0.143. The van der Waals surface area contributed by atoms with Gasteiger partial charge in [0.1, 0.15) is 11.3 Å². The third kappa shape index (κ3) is 2.59. The predicted octanol–water partition coefficient (Wildman–Crippen LogP) is 2.27. The van der Waals surface area contributed by atoms with E-state index in [4.69, 9.17) is 4.74 Å². The number of rotatable bonds is 4. The first-order chi connectivity index (χ1) is 14.9. The molecule has 2 N–H and O–H groups in total. The molecule has 0 aromatic heterocycles. The SMILES string of the molecule is COc1ccccc1CN1C(=O)[C@@H]2[C@@H](C(C)C)N[C@@]3(C(=O)Nc4ccccc43)[C@H]2C1=O. The molecule has 0 radical (unpaired) electrons. The van der Waals surface area contributed by atoms with Crippen molar-refractivity contribution in [2.75, 3.05) is 12.4 Å². The van der Waals surface area contributed by atoms with Crippen LogP contribution in [0.1, 0.15) is 25.0 Å². The van der Waals surface area contributed by atoms with Gasteiger partial charge >= 0.3 is 0 Å². The van der Waals surface area contributed by atoms with E-state index in [9.17, 15) is 14.4 Å². The summed E-state index contributed by atoms with van der Waals surface area (Å²) >= 11 is 0. The van der Waals surface area contributed by atoms with Gasteiger partial charge < -0.3 is 10.1 Å². The molecule has 3 heterocycles. The van der Waals surface area contributed by atoms with Gasteiger partial charge in [-0.25, -0.2) is 0 Å². The molecule has 7 nitrogen and oxygen atoms in total. The summed E-state index contributed by atoms with van der Waals surface area (Å²) in [5, 5.41) is 6.35. The van der Waals surface area contributed by atoms with Crippen molar-refractivity contribution < 1.29 is 19.1 Å². The van der Waals surface area contributed by atoms with Gasteiger partial charge in [-0.1, -0.05) is 50.2 Å². The van der Waals surface area contributed by atoms with Gasteiger partial charge in [-0.2, -0.15) is 0 Å². The summed E-state index contributed by atoms with van der Waals surface area (Å²) in [5.74, 6) is -1.52. The lowest BCUT2D eigenvalue weighted by Crippen LogP contribution is -2.53. The van der Waals surface area contributed by atoms with Gasteiger partial charge in [-0.3, -0.25) is 24.6 Å². The summed E-state index contributed by atoms with van der Waals surface area (Å²) in [7, 11) is 1.56. The van der Waals surface area contributed by atoms with Crippen LogP contribution in [0.15, 0.2) is 48.5 Å². The monoisotopic (exact) mass is 419 g/mol. The van der Waals surface area contributed by atoms with E-state index in [0.717, 1.165) is 11.1 Å². The number of carbonyl (C=O) groups is 3. The minimum atomic E-state index is -1.24. The standard InChI is InChI=1S/C24H25N3O4/c1-13(2)20-18-19(24(26-20)15-9-5-6-10-16(15)25-23(24)30)22(29)27(21(18)28)12-14-8-4-7-11-17(14)31-3/h4-11,13,18-20,26H,12H2,1-3H3,(H,25,30)/t18-,19+,20+,24+/m0/s1. The maximum Gasteiger partial charge on any atom is 0.250 e. The molecule has 4 atom stereocenters. The van der Waals surface area contributed by atoms with Crippen molar-refractivity contribution in [3.63, 3.8) is 0 Å². The number of nitrogens with zero attached hydrogens (tertiary/aromatic N) is 1. The van der Waals surface area contributed by atoms with Crippen molar-refractivity contribution in [2.24, 2.45) is 17.8 Å². The van der Waals surface area contributed by atoms with E-state index in [2.05, 4.69) is 10.6 Å². The van der Waals surface area contributed by atoms with Crippen molar-refractivity contribution in [1.82, 2.24) is 10.2 Å². The van der Waals surface area contributed by atoms with E-state index in [1.807, 2.05) is 62.4 Å². The third-order valence-corrected chi connectivity index (χ3v) is 6.89. The van der Waals surface area contributed by atoms with Crippen LogP contribution in [0.2, 0.25) is 0 Å². The number of imide groups is 1. The quantitative estimate of drug-likeness (QED) is 0.743. The minimum Gasteiger partial charge on any atom is -0.496 e. The normalized spacial score (nSPS) is 29.0. The number of hydrogen-bond donors (Lipinski definition) is 2. The van der Waals surface area contributed by atoms with Crippen LogP contribution in [-0.2, 0) is 26.5 Å². The van der Waals surface area contributed by atoms with Crippen LogP contribution < -0.4 is 15.4 Å². The summed E-state index contributed by atoms with van der Waals surface area (Å²) in [4.78, 5) is 41.9. The van der Waals surface area contributed by atoms with Crippen LogP contribution in [0.4, 0.5) is 5.69 Å². The van der Waals surface area contributed by atoms with Gasteiger partial charge in [0.15, 0.2) is 0 Å². The Morgan fingerprint density at radius 3 is 2.48 bits per heavy atom. The molecule has 1 spiro atoms. The lowest BCUT2D eigenvalue weighted by atomic mass is 9.76. The summed E-state index contributed by atoms with van der Waals surface area (Å²) in [6.07, 6.45) is 0. The number of nitrogens with one attached hydrogen (secondary N) is 2. The van der Waals surface area contributed by atoms with Gasteiger partial charge in [0.2, 0.25) is 17.7 Å². The molecule has 0 bridgehead atoms. The van der Waals surface area contributed by atoms with E-state index in [-0.39, 0.29) is 36.2 Å². The number of para-hydroxylation sites is 2. The molecule has 0 aliphatic carbocycles. The molecule has 2 aromatic carbocycles. The second-order valence-corrected chi connectivity index (χ2v) is 8.80. The smallest absolute Gasteiger partial charge is 0.250 e. The number of ether oxygens (including phenoxy) is 1. The Labute approximate surface area is 180 Å². The predicted molar refractivity (Wildman–Crippen MR) is 114 cm³/mol. The molecule has 2 aromatic rings. The van der Waals surface area contributed by atoms with E-state index >= 15 is 0 Å². The number of hydrogen-bond acceptors (Lipinski definition) is 5. The van der Waals surface area contributed by atoms with E-state index < -0.39 is 17.4 Å². The van der Waals surface area contributed by atoms with Gasteiger partial charge in [0, 0.05) is 22.9 Å². The Hall–Kier alpha value is -3.19. The molecule has 3 aliphatic rings. The summed E-state index contributed by atoms with van der Waals surface area (Å²) in [6.45, 7) is 4.14. The van der Waals surface area contributed by atoms with Gasteiger partial charge in [-0.05, 0) is 18.1 Å². The van der Waals surface area contributed by atoms with Crippen LogP contribution in [0.3, 0.4) is 0 Å². The van der Waals surface area contributed by atoms with Crippen molar-refractivity contribution in [1.29, 1.82) is 0 Å². The van der Waals surface area contributed by atoms with Crippen molar-refractivity contribution >= 4 is 23.4 Å². The fourth-order valence-corrected chi connectivity index (χ4v) is 5.48. The fraction of sp³-hybridized carbons (Fsp3) is 0.375. The maximum atomic E-state index is 13.7. The lowest BCUT2D eigenvalue weighted by Gasteiger charge is -2.30. The average molecular weight is 419 g/mol. The summed E-state index contributed by atoms with van der Waals surface area (Å²) in [5.41, 5.74) is 0.939. The van der Waals surface area contributed by atoms with Crippen molar-refractivity contribution in [2.45, 2.75) is 32.0 Å². The number of benzene rings is 2. The number of anilines is 1. The molecule has 5 rings (SSSR count). The fourth-order valence-electron chi connectivity index (χ4n) is 5.48. The number of likely N-dealkylation sites (tertiary alicyclic amines) is 1.